The Labute approximate surface area is 171 Å². The van der Waals surface area contributed by atoms with Gasteiger partial charge in [-0.3, -0.25) is 9.36 Å². The predicted molar refractivity (Wildman–Crippen MR) is 110 cm³/mol. The van der Waals surface area contributed by atoms with E-state index in [9.17, 15) is 9.59 Å². The van der Waals surface area contributed by atoms with Crippen LogP contribution in [-0.4, -0.2) is 46.2 Å². The Hall–Kier alpha value is -2.83. The molecule has 0 unspecified atom stereocenters. The summed E-state index contributed by atoms with van der Waals surface area (Å²) in [6.07, 6.45) is 8.63. The summed E-state index contributed by atoms with van der Waals surface area (Å²) in [5.41, 5.74) is 2.81. The summed E-state index contributed by atoms with van der Waals surface area (Å²) in [6, 6.07) is 3.83. The van der Waals surface area contributed by atoms with Gasteiger partial charge < -0.3 is 14.2 Å². The van der Waals surface area contributed by atoms with Crippen molar-refractivity contribution in [2.24, 2.45) is 0 Å². The Bertz CT molecular complexity index is 886. The van der Waals surface area contributed by atoms with Gasteiger partial charge in [0.2, 0.25) is 0 Å². The molecule has 1 aliphatic heterocycles. The highest BCUT2D eigenvalue weighted by Gasteiger charge is 2.16. The van der Waals surface area contributed by atoms with Crippen molar-refractivity contribution in [1.29, 1.82) is 0 Å². The summed E-state index contributed by atoms with van der Waals surface area (Å²) in [7, 11) is 0. The van der Waals surface area contributed by atoms with Gasteiger partial charge in [-0.05, 0) is 51.3 Å². The van der Waals surface area contributed by atoms with Crippen LogP contribution in [0.2, 0.25) is 0 Å². The van der Waals surface area contributed by atoms with E-state index in [1.54, 1.807) is 6.08 Å². The number of aryl methyl sites for hydroxylation is 2. The van der Waals surface area contributed by atoms with Gasteiger partial charge in [-0.2, -0.15) is 0 Å². The predicted octanol–water partition coefficient (Wildman–Crippen LogP) is 3.74. The van der Waals surface area contributed by atoms with Crippen molar-refractivity contribution in [3.8, 4) is 5.82 Å². The standard InChI is InChI=1S/C22H29N3O4/c1-16-13-19(18(3)25(16)20-14-17(2)29-23-20)9-10-22(27)28-15-21(26)24-11-7-5-4-6-8-12-24/h9-10,13-14H,4-8,11-12,15H2,1-3H3/b10-9+. The number of rotatable bonds is 5. The molecule has 1 saturated heterocycles. The number of esters is 1. The van der Waals surface area contributed by atoms with Crippen LogP contribution >= 0.6 is 0 Å². The van der Waals surface area contributed by atoms with E-state index in [2.05, 4.69) is 5.16 Å². The summed E-state index contributed by atoms with van der Waals surface area (Å²) >= 11 is 0. The minimum Gasteiger partial charge on any atom is -0.452 e. The molecular formula is C22H29N3O4. The van der Waals surface area contributed by atoms with Crippen molar-refractivity contribution in [1.82, 2.24) is 14.6 Å². The maximum absolute atomic E-state index is 12.3. The van der Waals surface area contributed by atoms with Gasteiger partial charge in [0.15, 0.2) is 12.4 Å². The van der Waals surface area contributed by atoms with E-state index < -0.39 is 5.97 Å². The zero-order valence-corrected chi connectivity index (χ0v) is 17.4. The van der Waals surface area contributed by atoms with Crippen molar-refractivity contribution in [3.63, 3.8) is 0 Å². The average molecular weight is 399 g/mol. The van der Waals surface area contributed by atoms with Crippen molar-refractivity contribution in [2.75, 3.05) is 19.7 Å². The molecule has 7 nitrogen and oxygen atoms in total. The molecule has 1 aliphatic rings. The molecule has 0 saturated carbocycles. The van der Waals surface area contributed by atoms with Crippen LogP contribution in [0.25, 0.3) is 11.9 Å². The number of carbonyl (C=O) groups excluding carboxylic acids is 2. The molecule has 0 N–H and O–H groups in total. The summed E-state index contributed by atoms with van der Waals surface area (Å²) in [6.45, 7) is 7.05. The van der Waals surface area contributed by atoms with Gasteiger partial charge in [0.25, 0.3) is 5.91 Å². The first-order valence-electron chi connectivity index (χ1n) is 10.2. The molecule has 2 aromatic rings. The highest BCUT2D eigenvalue weighted by atomic mass is 16.5. The van der Waals surface area contributed by atoms with Gasteiger partial charge in [-0.1, -0.05) is 24.4 Å². The maximum Gasteiger partial charge on any atom is 0.331 e. The Balaban J connectivity index is 1.57. The molecule has 0 radical (unpaired) electrons. The lowest BCUT2D eigenvalue weighted by molar-refractivity contribution is -0.148. The minimum atomic E-state index is -0.521. The van der Waals surface area contributed by atoms with Crippen LogP contribution < -0.4 is 0 Å². The van der Waals surface area contributed by atoms with Crippen molar-refractivity contribution < 1.29 is 18.8 Å². The minimum absolute atomic E-state index is 0.117. The fourth-order valence-electron chi connectivity index (χ4n) is 3.69. The lowest BCUT2D eigenvalue weighted by Crippen LogP contribution is -2.36. The second kappa shape index (κ2) is 9.58. The second-order valence-electron chi connectivity index (χ2n) is 7.55. The van der Waals surface area contributed by atoms with Gasteiger partial charge in [-0.25, -0.2) is 4.79 Å². The topological polar surface area (TPSA) is 77.6 Å². The number of hydrogen-bond donors (Lipinski definition) is 0. The largest absolute Gasteiger partial charge is 0.452 e. The third-order valence-corrected chi connectivity index (χ3v) is 5.26. The molecule has 1 fully saturated rings. The fraction of sp³-hybridized carbons (Fsp3) is 0.500. The van der Waals surface area contributed by atoms with Crippen molar-refractivity contribution in [2.45, 2.75) is 52.9 Å². The van der Waals surface area contributed by atoms with E-state index in [-0.39, 0.29) is 12.5 Å². The van der Waals surface area contributed by atoms with Gasteiger partial charge in [0, 0.05) is 36.6 Å². The normalized spacial score (nSPS) is 15.3. The van der Waals surface area contributed by atoms with Crippen molar-refractivity contribution >= 4 is 18.0 Å². The summed E-state index contributed by atoms with van der Waals surface area (Å²) in [5.74, 6) is 0.803. The average Bonchev–Trinajstić information content (AvgIpc) is 3.20. The maximum atomic E-state index is 12.3. The zero-order valence-electron chi connectivity index (χ0n) is 17.4. The Morgan fingerprint density at radius 2 is 1.79 bits per heavy atom. The number of amides is 1. The van der Waals surface area contributed by atoms with Crippen molar-refractivity contribution in [3.05, 3.63) is 40.9 Å². The Morgan fingerprint density at radius 1 is 1.10 bits per heavy atom. The fourth-order valence-corrected chi connectivity index (χ4v) is 3.69. The number of ether oxygens (including phenoxy) is 1. The quantitative estimate of drug-likeness (QED) is 0.565. The molecular weight excluding hydrogens is 370 g/mol. The van der Waals surface area contributed by atoms with Crippen LogP contribution in [-0.2, 0) is 14.3 Å². The second-order valence-corrected chi connectivity index (χ2v) is 7.55. The summed E-state index contributed by atoms with van der Waals surface area (Å²) < 4.78 is 12.3. The van der Waals surface area contributed by atoms with Crippen LogP contribution in [0.5, 0.6) is 0 Å². The third-order valence-electron chi connectivity index (χ3n) is 5.26. The molecule has 1 amide bonds. The van der Waals surface area contributed by atoms with Crippen LogP contribution in [0.1, 0.15) is 54.8 Å². The van der Waals surface area contributed by atoms with E-state index in [0.29, 0.717) is 5.82 Å². The smallest absolute Gasteiger partial charge is 0.331 e. The van der Waals surface area contributed by atoms with E-state index in [1.807, 2.05) is 42.4 Å². The Kier molecular flexibility index (Phi) is 6.90. The first-order chi connectivity index (χ1) is 14.0. The van der Waals surface area contributed by atoms with Gasteiger partial charge in [0.05, 0.1) is 0 Å². The summed E-state index contributed by atoms with van der Waals surface area (Å²) in [5, 5.41) is 4.05. The molecule has 3 heterocycles. The van der Waals surface area contributed by atoms with Crippen LogP contribution in [0.3, 0.4) is 0 Å². The molecule has 3 rings (SSSR count). The van der Waals surface area contributed by atoms with Gasteiger partial charge >= 0.3 is 5.97 Å². The Morgan fingerprint density at radius 3 is 2.45 bits per heavy atom. The molecule has 0 aliphatic carbocycles. The monoisotopic (exact) mass is 399 g/mol. The molecule has 2 aromatic heterocycles. The highest BCUT2D eigenvalue weighted by molar-refractivity contribution is 5.89. The molecule has 0 aromatic carbocycles. The van der Waals surface area contributed by atoms with E-state index in [0.717, 1.165) is 61.5 Å². The molecule has 156 valence electrons. The molecule has 0 spiro atoms. The van der Waals surface area contributed by atoms with E-state index in [1.165, 1.54) is 12.5 Å². The molecule has 0 bridgehead atoms. The number of likely N-dealkylation sites (tertiary alicyclic amines) is 1. The zero-order chi connectivity index (χ0) is 20.8. The SMILES string of the molecule is Cc1cc(-n2c(C)cc(/C=C/C(=O)OCC(=O)N3CCCCCCC3)c2C)no1. The van der Waals surface area contributed by atoms with E-state index in [4.69, 9.17) is 9.26 Å². The lowest BCUT2D eigenvalue weighted by atomic mass is 10.1. The first-order valence-corrected chi connectivity index (χ1v) is 10.2. The number of hydrogen-bond acceptors (Lipinski definition) is 5. The van der Waals surface area contributed by atoms with Crippen LogP contribution in [0.4, 0.5) is 0 Å². The number of nitrogens with zero attached hydrogens (tertiary/aromatic N) is 3. The van der Waals surface area contributed by atoms with Gasteiger partial charge in [0.1, 0.15) is 5.76 Å². The lowest BCUT2D eigenvalue weighted by Gasteiger charge is -2.24. The first kappa shape index (κ1) is 20.9. The van der Waals surface area contributed by atoms with Gasteiger partial charge in [-0.15, -0.1) is 0 Å². The number of carbonyl (C=O) groups is 2. The van der Waals surface area contributed by atoms with E-state index >= 15 is 0 Å². The third kappa shape index (κ3) is 5.37. The highest BCUT2D eigenvalue weighted by Crippen LogP contribution is 2.21. The molecule has 0 atom stereocenters. The molecule has 29 heavy (non-hydrogen) atoms. The molecule has 7 heteroatoms. The van der Waals surface area contributed by atoms with Crippen LogP contribution in [0.15, 0.2) is 22.7 Å². The number of aromatic nitrogens is 2. The summed E-state index contributed by atoms with van der Waals surface area (Å²) in [4.78, 5) is 26.2. The van der Waals surface area contributed by atoms with Crippen LogP contribution in [0, 0.1) is 20.8 Å².